The Hall–Kier alpha value is -3.01. The lowest BCUT2D eigenvalue weighted by Crippen LogP contribution is -2.05. The first-order valence-corrected chi connectivity index (χ1v) is 8.84. The van der Waals surface area contributed by atoms with Crippen molar-refractivity contribution in [3.8, 4) is 5.75 Å². The number of anilines is 1. The van der Waals surface area contributed by atoms with Crippen LogP contribution in [0.1, 0.15) is 25.3 Å². The van der Waals surface area contributed by atoms with Crippen molar-refractivity contribution >= 4 is 22.5 Å². The molecule has 2 aromatic carbocycles. The van der Waals surface area contributed by atoms with E-state index in [1.165, 1.54) is 18.1 Å². The van der Waals surface area contributed by atoms with E-state index in [0.717, 1.165) is 41.6 Å². The van der Waals surface area contributed by atoms with E-state index >= 15 is 0 Å². The first kappa shape index (κ1) is 17.8. The van der Waals surface area contributed by atoms with Crippen LogP contribution in [-0.2, 0) is 11.2 Å². The molecule has 0 aliphatic carbocycles. The fourth-order valence-corrected chi connectivity index (χ4v) is 2.89. The summed E-state index contributed by atoms with van der Waals surface area (Å²) in [7, 11) is 0. The predicted molar refractivity (Wildman–Crippen MR) is 107 cm³/mol. The molecule has 0 bridgehead atoms. The lowest BCUT2D eigenvalue weighted by molar-refractivity contribution is -0.114. The molecule has 4 nitrogen and oxygen atoms in total. The molecule has 1 aromatic heterocycles. The van der Waals surface area contributed by atoms with E-state index in [2.05, 4.69) is 41.1 Å². The minimum Gasteiger partial charge on any atom is -0.493 e. The minimum absolute atomic E-state index is 0.0908. The van der Waals surface area contributed by atoms with E-state index in [-0.39, 0.29) is 5.91 Å². The highest BCUT2D eigenvalue weighted by Crippen LogP contribution is 2.27. The van der Waals surface area contributed by atoms with E-state index in [4.69, 9.17) is 4.74 Å². The lowest BCUT2D eigenvalue weighted by atomic mass is 10.0. The zero-order valence-corrected chi connectivity index (χ0v) is 15.0. The molecule has 134 valence electrons. The molecule has 0 spiro atoms. The Balaban J connectivity index is 1.51. The van der Waals surface area contributed by atoms with Gasteiger partial charge < -0.3 is 15.0 Å². The Bertz CT molecular complexity index is 897. The number of carbonyl (C=O) groups is 1. The molecule has 1 amide bonds. The summed E-state index contributed by atoms with van der Waals surface area (Å²) in [6, 6.07) is 16.3. The van der Waals surface area contributed by atoms with Crippen LogP contribution in [0.3, 0.4) is 0 Å². The minimum atomic E-state index is -0.0908. The van der Waals surface area contributed by atoms with Gasteiger partial charge in [-0.25, -0.2) is 0 Å². The number of benzene rings is 2. The molecule has 2 N–H and O–H groups in total. The molecular weight excluding hydrogens is 324 g/mol. The summed E-state index contributed by atoms with van der Waals surface area (Å²) >= 11 is 0. The van der Waals surface area contributed by atoms with Gasteiger partial charge in [-0.05, 0) is 36.6 Å². The lowest BCUT2D eigenvalue weighted by Gasteiger charge is -2.09. The molecule has 0 unspecified atom stereocenters. The number of nitrogens with one attached hydrogen (secondary N) is 2. The number of aromatic nitrogens is 1. The summed E-state index contributed by atoms with van der Waals surface area (Å²) in [4.78, 5) is 14.4. The first-order chi connectivity index (χ1) is 12.6. The zero-order chi connectivity index (χ0) is 18.4. The van der Waals surface area contributed by atoms with Crippen LogP contribution in [0.15, 0.2) is 66.9 Å². The maximum atomic E-state index is 11.3. The van der Waals surface area contributed by atoms with Gasteiger partial charge in [0.2, 0.25) is 5.91 Å². The van der Waals surface area contributed by atoms with Gasteiger partial charge in [0.25, 0.3) is 0 Å². The van der Waals surface area contributed by atoms with Crippen LogP contribution in [0.5, 0.6) is 5.75 Å². The van der Waals surface area contributed by atoms with E-state index in [1.807, 2.05) is 24.3 Å². The van der Waals surface area contributed by atoms with Gasteiger partial charge in [0.1, 0.15) is 5.75 Å². The highest BCUT2D eigenvalue weighted by molar-refractivity contribution is 6.01. The first-order valence-electron chi connectivity index (χ1n) is 8.84. The SMILES string of the molecule is C=C(CCOc1ccc2[nH]cc(NC(C)=O)c2c1)CCc1ccccc1. The summed E-state index contributed by atoms with van der Waals surface area (Å²) in [5, 5.41) is 3.77. The average Bonchev–Trinajstić information content (AvgIpc) is 3.02. The normalized spacial score (nSPS) is 10.7. The second kappa shape index (κ2) is 8.39. The van der Waals surface area contributed by atoms with E-state index in [1.54, 1.807) is 6.20 Å². The second-order valence-corrected chi connectivity index (χ2v) is 6.42. The number of hydrogen-bond donors (Lipinski definition) is 2. The van der Waals surface area contributed by atoms with Crippen LogP contribution >= 0.6 is 0 Å². The van der Waals surface area contributed by atoms with Gasteiger partial charge in [-0.3, -0.25) is 4.79 Å². The van der Waals surface area contributed by atoms with Crippen molar-refractivity contribution in [3.63, 3.8) is 0 Å². The molecule has 3 rings (SSSR count). The van der Waals surface area contributed by atoms with E-state index < -0.39 is 0 Å². The molecule has 26 heavy (non-hydrogen) atoms. The molecule has 0 atom stereocenters. The third-order valence-electron chi connectivity index (χ3n) is 4.30. The molecular formula is C22H24N2O2. The number of aryl methyl sites for hydroxylation is 1. The largest absolute Gasteiger partial charge is 0.493 e. The second-order valence-electron chi connectivity index (χ2n) is 6.42. The van der Waals surface area contributed by atoms with Crippen LogP contribution in [0.25, 0.3) is 10.9 Å². The number of carbonyl (C=O) groups excluding carboxylic acids is 1. The third-order valence-corrected chi connectivity index (χ3v) is 4.30. The van der Waals surface area contributed by atoms with E-state index in [9.17, 15) is 4.79 Å². The summed E-state index contributed by atoms with van der Waals surface area (Å²) in [5.74, 6) is 0.700. The highest BCUT2D eigenvalue weighted by Gasteiger charge is 2.07. The van der Waals surface area contributed by atoms with Crippen molar-refractivity contribution < 1.29 is 9.53 Å². The molecule has 0 fully saturated rings. The van der Waals surface area contributed by atoms with Gasteiger partial charge in [-0.1, -0.05) is 42.5 Å². The Morgan fingerprint density at radius 2 is 1.96 bits per heavy atom. The van der Waals surface area contributed by atoms with Crippen molar-refractivity contribution in [3.05, 3.63) is 72.4 Å². The number of fused-ring (bicyclic) bond motifs is 1. The predicted octanol–water partition coefficient (Wildman–Crippen LogP) is 5.08. The zero-order valence-electron chi connectivity index (χ0n) is 15.0. The average molecular weight is 348 g/mol. The maximum Gasteiger partial charge on any atom is 0.221 e. The number of ether oxygens (including phenoxy) is 1. The van der Waals surface area contributed by atoms with Gasteiger partial charge in [0, 0.05) is 30.4 Å². The molecule has 0 saturated heterocycles. The van der Waals surface area contributed by atoms with Crippen LogP contribution in [0.4, 0.5) is 5.69 Å². The van der Waals surface area contributed by atoms with Crippen molar-refractivity contribution in [2.24, 2.45) is 0 Å². The molecule has 0 radical (unpaired) electrons. The monoisotopic (exact) mass is 348 g/mol. The summed E-state index contributed by atoms with van der Waals surface area (Å²) in [6.45, 7) is 6.25. The fourth-order valence-electron chi connectivity index (χ4n) is 2.89. The van der Waals surface area contributed by atoms with Crippen LogP contribution in [-0.4, -0.2) is 17.5 Å². The number of aromatic amines is 1. The van der Waals surface area contributed by atoms with Crippen LogP contribution in [0.2, 0.25) is 0 Å². The van der Waals surface area contributed by atoms with E-state index in [0.29, 0.717) is 6.61 Å². The number of amides is 1. The van der Waals surface area contributed by atoms with Crippen LogP contribution in [0, 0.1) is 0 Å². The fraction of sp³-hybridized carbons (Fsp3) is 0.227. The van der Waals surface area contributed by atoms with Gasteiger partial charge in [-0.2, -0.15) is 0 Å². The standard InChI is InChI=1S/C22H24N2O2/c1-16(8-9-18-6-4-3-5-7-18)12-13-26-19-10-11-21-20(14-19)22(15-23-21)24-17(2)25/h3-7,10-11,14-15,23H,1,8-9,12-13H2,2H3,(H,24,25). The highest BCUT2D eigenvalue weighted by atomic mass is 16.5. The topological polar surface area (TPSA) is 54.1 Å². The number of hydrogen-bond acceptors (Lipinski definition) is 2. The Morgan fingerprint density at radius 3 is 2.73 bits per heavy atom. The molecule has 4 heteroatoms. The molecule has 1 heterocycles. The van der Waals surface area contributed by atoms with Crippen molar-refractivity contribution in [1.29, 1.82) is 0 Å². The molecule has 0 aliphatic heterocycles. The third kappa shape index (κ3) is 4.76. The molecule has 3 aromatic rings. The van der Waals surface area contributed by atoms with Crippen LogP contribution < -0.4 is 10.1 Å². The van der Waals surface area contributed by atoms with Crippen molar-refractivity contribution in [1.82, 2.24) is 4.98 Å². The van der Waals surface area contributed by atoms with Gasteiger partial charge in [0.05, 0.1) is 12.3 Å². The summed E-state index contributed by atoms with van der Waals surface area (Å²) < 4.78 is 5.88. The summed E-state index contributed by atoms with van der Waals surface area (Å²) in [6.07, 6.45) is 4.60. The summed E-state index contributed by atoms with van der Waals surface area (Å²) in [5.41, 5.74) is 4.26. The Morgan fingerprint density at radius 1 is 1.15 bits per heavy atom. The van der Waals surface area contributed by atoms with Gasteiger partial charge >= 0.3 is 0 Å². The molecule has 0 aliphatic rings. The maximum absolute atomic E-state index is 11.3. The van der Waals surface area contributed by atoms with Crippen molar-refractivity contribution in [2.75, 3.05) is 11.9 Å². The Labute approximate surface area is 153 Å². The Kier molecular flexibility index (Phi) is 5.74. The smallest absolute Gasteiger partial charge is 0.221 e. The number of rotatable bonds is 8. The van der Waals surface area contributed by atoms with Gasteiger partial charge in [-0.15, -0.1) is 0 Å². The van der Waals surface area contributed by atoms with Gasteiger partial charge in [0.15, 0.2) is 0 Å². The number of H-pyrrole nitrogens is 1. The van der Waals surface area contributed by atoms with Crippen molar-refractivity contribution in [2.45, 2.75) is 26.2 Å². The quantitative estimate of drug-likeness (QED) is 0.558. The molecule has 0 saturated carbocycles.